The summed E-state index contributed by atoms with van der Waals surface area (Å²) >= 11 is 6.01. The van der Waals surface area contributed by atoms with Crippen molar-refractivity contribution < 1.29 is 9.53 Å². The monoisotopic (exact) mass is 392 g/mol. The van der Waals surface area contributed by atoms with Gasteiger partial charge in [0.1, 0.15) is 11.9 Å². The van der Waals surface area contributed by atoms with Gasteiger partial charge < -0.3 is 20.3 Å². The van der Waals surface area contributed by atoms with E-state index >= 15 is 0 Å². The number of hydrogen-bond acceptors (Lipinski definition) is 3. The third-order valence-corrected chi connectivity index (χ3v) is 5.36. The summed E-state index contributed by atoms with van der Waals surface area (Å²) in [7, 11) is 0. The number of hydrogen-bond donors (Lipinski definition) is 2. The van der Waals surface area contributed by atoms with Crippen LogP contribution < -0.4 is 15.4 Å². The van der Waals surface area contributed by atoms with Crippen molar-refractivity contribution in [1.29, 1.82) is 0 Å². The summed E-state index contributed by atoms with van der Waals surface area (Å²) < 4.78 is 5.93. The molecule has 1 amide bonds. The highest BCUT2D eigenvalue weighted by Crippen LogP contribution is 2.36. The van der Waals surface area contributed by atoms with Gasteiger partial charge in [-0.15, -0.1) is 0 Å². The number of guanidine groups is 1. The van der Waals surface area contributed by atoms with Gasteiger partial charge in [-0.25, -0.2) is 4.99 Å². The second-order valence-corrected chi connectivity index (χ2v) is 8.00. The van der Waals surface area contributed by atoms with E-state index in [2.05, 4.69) is 22.5 Å². The lowest BCUT2D eigenvalue weighted by molar-refractivity contribution is -0.119. The Morgan fingerprint density at radius 1 is 1.52 bits per heavy atom. The minimum absolute atomic E-state index is 0.0500. The molecule has 1 spiro atoms. The summed E-state index contributed by atoms with van der Waals surface area (Å²) in [5, 5.41) is 7.05. The van der Waals surface area contributed by atoms with Gasteiger partial charge in [-0.2, -0.15) is 0 Å². The maximum Gasteiger partial charge on any atom is 0.220 e. The molecule has 27 heavy (non-hydrogen) atoms. The number of carbonyl (C=O) groups excluding carboxylic acids is 1. The molecule has 1 aromatic rings. The van der Waals surface area contributed by atoms with E-state index in [1.165, 1.54) is 0 Å². The Bertz CT molecular complexity index is 696. The summed E-state index contributed by atoms with van der Waals surface area (Å²) in [6.45, 7) is 8.04. The molecule has 2 fully saturated rings. The van der Waals surface area contributed by atoms with Gasteiger partial charge in [0.25, 0.3) is 0 Å². The third-order valence-electron chi connectivity index (χ3n) is 5.12. The van der Waals surface area contributed by atoms with Crippen molar-refractivity contribution in [2.75, 3.05) is 32.7 Å². The predicted molar refractivity (Wildman–Crippen MR) is 108 cm³/mol. The molecule has 0 bridgehead atoms. The van der Waals surface area contributed by atoms with Crippen molar-refractivity contribution in [3.63, 3.8) is 0 Å². The first-order valence-electron chi connectivity index (χ1n) is 9.72. The molecule has 0 aliphatic carbocycles. The molecule has 2 saturated heterocycles. The highest BCUT2D eigenvalue weighted by atomic mass is 35.5. The van der Waals surface area contributed by atoms with Crippen molar-refractivity contribution in [1.82, 2.24) is 15.5 Å². The average Bonchev–Trinajstić information content (AvgIpc) is 2.98. The second kappa shape index (κ2) is 8.83. The lowest BCUT2D eigenvalue weighted by atomic mass is 9.79. The zero-order chi connectivity index (χ0) is 19.3. The molecule has 0 saturated carbocycles. The fourth-order valence-corrected chi connectivity index (χ4v) is 4.06. The minimum atomic E-state index is -0.0643. The minimum Gasteiger partial charge on any atom is -0.489 e. The second-order valence-electron chi connectivity index (χ2n) is 7.56. The van der Waals surface area contributed by atoms with Crippen LogP contribution in [0.1, 0.15) is 33.1 Å². The Hall–Kier alpha value is -1.95. The van der Waals surface area contributed by atoms with E-state index < -0.39 is 0 Å². The molecule has 2 N–H and O–H groups in total. The molecule has 6 nitrogen and oxygen atoms in total. The van der Waals surface area contributed by atoms with Crippen molar-refractivity contribution >= 4 is 23.5 Å². The van der Waals surface area contributed by atoms with Crippen molar-refractivity contribution in [2.24, 2.45) is 10.4 Å². The van der Waals surface area contributed by atoms with E-state index in [4.69, 9.17) is 21.3 Å². The molecular formula is C20H29ClN4O2. The van der Waals surface area contributed by atoms with Crippen molar-refractivity contribution in [3.8, 4) is 5.75 Å². The normalized spacial score (nSPS) is 24.0. The molecule has 2 aliphatic heterocycles. The fourth-order valence-electron chi connectivity index (χ4n) is 3.88. The molecule has 2 heterocycles. The Morgan fingerprint density at radius 3 is 3.07 bits per heavy atom. The van der Waals surface area contributed by atoms with Gasteiger partial charge in [-0.3, -0.25) is 4.79 Å². The summed E-state index contributed by atoms with van der Waals surface area (Å²) in [5.74, 6) is 1.82. The molecule has 2 aliphatic rings. The van der Waals surface area contributed by atoms with E-state index in [0.717, 1.165) is 50.7 Å². The number of nitrogens with zero attached hydrogens (tertiary/aromatic N) is 2. The number of ether oxygens (including phenoxy) is 1. The fraction of sp³-hybridized carbons (Fsp3) is 0.600. The first-order valence-corrected chi connectivity index (χ1v) is 10.1. The van der Waals surface area contributed by atoms with Gasteiger partial charge in [-0.05, 0) is 44.9 Å². The Labute approximate surface area is 166 Å². The van der Waals surface area contributed by atoms with Crippen LogP contribution in [0.5, 0.6) is 5.75 Å². The molecule has 1 aromatic carbocycles. The quantitative estimate of drug-likeness (QED) is 0.597. The van der Waals surface area contributed by atoms with E-state index in [1.54, 1.807) is 0 Å². The van der Waals surface area contributed by atoms with Crippen LogP contribution in [-0.4, -0.2) is 55.6 Å². The summed E-state index contributed by atoms with van der Waals surface area (Å²) in [6.07, 6.45) is 2.73. The van der Waals surface area contributed by atoms with E-state index in [9.17, 15) is 4.79 Å². The molecule has 0 aromatic heterocycles. The molecule has 7 heteroatoms. The maximum atomic E-state index is 11.7. The van der Waals surface area contributed by atoms with Crippen LogP contribution in [0.3, 0.4) is 0 Å². The number of nitrogens with one attached hydrogen (secondary N) is 2. The number of piperidine rings is 1. The van der Waals surface area contributed by atoms with Crippen LogP contribution in [-0.2, 0) is 4.79 Å². The lowest BCUT2D eigenvalue weighted by Gasteiger charge is -2.40. The van der Waals surface area contributed by atoms with Crippen LogP contribution in [0.15, 0.2) is 29.3 Å². The smallest absolute Gasteiger partial charge is 0.220 e. The molecule has 0 radical (unpaired) electrons. The zero-order valence-corrected chi connectivity index (χ0v) is 16.9. The Kier molecular flexibility index (Phi) is 6.47. The highest BCUT2D eigenvalue weighted by Gasteiger charge is 2.42. The van der Waals surface area contributed by atoms with Gasteiger partial charge in [0, 0.05) is 43.0 Å². The predicted octanol–water partition coefficient (Wildman–Crippen LogP) is 2.67. The summed E-state index contributed by atoms with van der Waals surface area (Å²) in [5.41, 5.74) is 0.0500. The number of rotatable bonds is 5. The van der Waals surface area contributed by atoms with E-state index in [-0.39, 0.29) is 17.4 Å². The van der Waals surface area contributed by atoms with Gasteiger partial charge in [0.15, 0.2) is 5.96 Å². The van der Waals surface area contributed by atoms with Crippen molar-refractivity contribution in [2.45, 2.75) is 39.2 Å². The summed E-state index contributed by atoms with van der Waals surface area (Å²) in [4.78, 5) is 18.8. The van der Waals surface area contributed by atoms with Crippen molar-refractivity contribution in [3.05, 3.63) is 29.3 Å². The number of carbonyl (C=O) groups is 1. The van der Waals surface area contributed by atoms with E-state index in [0.29, 0.717) is 18.0 Å². The molecule has 2 unspecified atom stereocenters. The first kappa shape index (κ1) is 19.8. The SMILES string of the molecule is CCNC(=NCC(C)Oc1cccc(Cl)c1)N1CCCC2(CNC(=O)C2)C1. The standard InChI is InChI=1S/C20H29ClN4O2/c1-3-22-19(23-12-15(2)27-17-7-4-6-16(21)10-17)25-9-5-8-20(14-25)11-18(26)24-13-20/h4,6-7,10,15H,3,5,8-9,11-14H2,1-2H3,(H,22,23)(H,24,26). The van der Waals surface area contributed by atoms with Crippen LogP contribution in [0.25, 0.3) is 0 Å². The molecule has 3 rings (SSSR count). The van der Waals surface area contributed by atoms with Crippen LogP contribution >= 0.6 is 11.6 Å². The topological polar surface area (TPSA) is 66.0 Å². The van der Waals surface area contributed by atoms with Gasteiger partial charge in [-0.1, -0.05) is 17.7 Å². The largest absolute Gasteiger partial charge is 0.489 e. The number of amides is 1. The number of likely N-dealkylation sites (tertiary alicyclic amines) is 1. The number of benzene rings is 1. The Balaban J connectivity index is 1.62. The van der Waals surface area contributed by atoms with Crippen LogP contribution in [0.4, 0.5) is 0 Å². The van der Waals surface area contributed by atoms with E-state index in [1.807, 2.05) is 31.2 Å². The zero-order valence-electron chi connectivity index (χ0n) is 16.1. The first-order chi connectivity index (χ1) is 13.0. The van der Waals surface area contributed by atoms with Crippen LogP contribution in [0, 0.1) is 5.41 Å². The van der Waals surface area contributed by atoms with Gasteiger partial charge >= 0.3 is 0 Å². The lowest BCUT2D eigenvalue weighted by Crippen LogP contribution is -2.51. The van der Waals surface area contributed by atoms with Gasteiger partial charge in [0.2, 0.25) is 5.91 Å². The number of aliphatic imine (C=N–C) groups is 1. The highest BCUT2D eigenvalue weighted by molar-refractivity contribution is 6.30. The third kappa shape index (κ3) is 5.28. The van der Waals surface area contributed by atoms with Crippen LogP contribution in [0.2, 0.25) is 5.02 Å². The average molecular weight is 393 g/mol. The molecule has 2 atom stereocenters. The summed E-state index contributed by atoms with van der Waals surface area (Å²) in [6, 6.07) is 7.42. The molecule has 148 valence electrons. The molecular weight excluding hydrogens is 364 g/mol. The maximum absolute atomic E-state index is 11.7. The van der Waals surface area contributed by atoms with Gasteiger partial charge in [0.05, 0.1) is 6.54 Å². The number of halogens is 1. The Morgan fingerprint density at radius 2 is 2.37 bits per heavy atom.